The minimum atomic E-state index is 0.0572. The van der Waals surface area contributed by atoms with Gasteiger partial charge in [-0.25, -0.2) is 4.98 Å². The molecule has 2 aromatic rings. The fraction of sp³-hybridized carbons (Fsp3) is 0.467. The number of nitrogens with zero attached hydrogens (tertiary/aromatic N) is 1. The molecule has 3 rings (SSSR count). The average Bonchev–Trinajstić information content (AvgIpc) is 3.17. The molecule has 5 nitrogen and oxygen atoms in total. The zero-order chi connectivity index (χ0) is 13.8. The van der Waals surface area contributed by atoms with Crippen LogP contribution in [0, 0.1) is 5.92 Å². The van der Waals surface area contributed by atoms with Gasteiger partial charge in [-0.3, -0.25) is 4.79 Å². The number of aromatic amines is 1. The van der Waals surface area contributed by atoms with E-state index in [-0.39, 0.29) is 5.91 Å². The zero-order valence-corrected chi connectivity index (χ0v) is 11.5. The van der Waals surface area contributed by atoms with Crippen LogP contribution in [0.3, 0.4) is 0 Å². The third-order valence-corrected chi connectivity index (χ3v) is 3.54. The molecule has 0 saturated heterocycles. The first kappa shape index (κ1) is 13.1. The van der Waals surface area contributed by atoms with E-state index in [0.717, 1.165) is 35.7 Å². The number of nitrogens with one attached hydrogen (secondary N) is 3. The van der Waals surface area contributed by atoms with Crippen LogP contribution in [0.4, 0.5) is 0 Å². The summed E-state index contributed by atoms with van der Waals surface area (Å²) in [6, 6.07) is 7.94. The van der Waals surface area contributed by atoms with Gasteiger partial charge >= 0.3 is 0 Å². The lowest BCUT2D eigenvalue weighted by Crippen LogP contribution is -2.35. The number of benzene rings is 1. The molecule has 106 valence electrons. The molecule has 1 fully saturated rings. The molecule has 0 unspecified atom stereocenters. The first-order valence-corrected chi connectivity index (χ1v) is 7.22. The highest BCUT2D eigenvalue weighted by atomic mass is 16.1. The maximum Gasteiger partial charge on any atom is 0.233 e. The van der Waals surface area contributed by atoms with Crippen LogP contribution in [-0.2, 0) is 11.2 Å². The Labute approximate surface area is 118 Å². The number of imidazole rings is 1. The number of carbonyl (C=O) groups is 1. The van der Waals surface area contributed by atoms with Crippen LogP contribution in [0.25, 0.3) is 11.0 Å². The number of hydrogen-bond donors (Lipinski definition) is 3. The Morgan fingerprint density at radius 1 is 1.35 bits per heavy atom. The fourth-order valence-corrected chi connectivity index (χ4v) is 2.22. The van der Waals surface area contributed by atoms with Gasteiger partial charge in [0.2, 0.25) is 5.91 Å². The van der Waals surface area contributed by atoms with Crippen molar-refractivity contribution < 1.29 is 4.79 Å². The summed E-state index contributed by atoms with van der Waals surface area (Å²) in [6.07, 6.45) is 3.34. The van der Waals surface area contributed by atoms with Gasteiger partial charge in [0.05, 0.1) is 17.6 Å². The van der Waals surface area contributed by atoms with E-state index in [0.29, 0.717) is 13.1 Å². The maximum atomic E-state index is 11.6. The van der Waals surface area contributed by atoms with Crippen LogP contribution in [0.2, 0.25) is 0 Å². The Hall–Kier alpha value is -1.88. The minimum absolute atomic E-state index is 0.0572. The van der Waals surface area contributed by atoms with Crippen molar-refractivity contribution in [3.8, 4) is 0 Å². The van der Waals surface area contributed by atoms with E-state index in [1.807, 2.05) is 24.3 Å². The Kier molecular flexibility index (Phi) is 3.97. The Morgan fingerprint density at radius 2 is 2.20 bits per heavy atom. The van der Waals surface area contributed by atoms with E-state index >= 15 is 0 Å². The van der Waals surface area contributed by atoms with E-state index in [9.17, 15) is 4.79 Å². The average molecular weight is 272 g/mol. The molecule has 1 heterocycles. The number of aromatic nitrogens is 2. The van der Waals surface area contributed by atoms with Gasteiger partial charge in [0.25, 0.3) is 0 Å². The van der Waals surface area contributed by atoms with Crippen LogP contribution in [0.1, 0.15) is 18.7 Å². The highest BCUT2D eigenvalue weighted by Crippen LogP contribution is 2.27. The second kappa shape index (κ2) is 6.05. The molecular weight excluding hydrogens is 252 g/mol. The number of para-hydroxylation sites is 2. The van der Waals surface area contributed by atoms with Gasteiger partial charge in [-0.05, 0) is 37.4 Å². The Morgan fingerprint density at radius 3 is 3.00 bits per heavy atom. The van der Waals surface area contributed by atoms with Gasteiger partial charge in [0.1, 0.15) is 5.82 Å². The minimum Gasteiger partial charge on any atom is -0.355 e. The number of amides is 1. The summed E-state index contributed by atoms with van der Waals surface area (Å²) >= 11 is 0. The maximum absolute atomic E-state index is 11.6. The fourth-order valence-electron chi connectivity index (χ4n) is 2.22. The van der Waals surface area contributed by atoms with Crippen molar-refractivity contribution in [3.63, 3.8) is 0 Å². The molecule has 20 heavy (non-hydrogen) atoms. The second-order valence-electron chi connectivity index (χ2n) is 5.37. The third-order valence-electron chi connectivity index (χ3n) is 3.54. The predicted molar refractivity (Wildman–Crippen MR) is 78.4 cm³/mol. The van der Waals surface area contributed by atoms with Crippen molar-refractivity contribution in [1.82, 2.24) is 20.6 Å². The summed E-state index contributed by atoms with van der Waals surface area (Å²) < 4.78 is 0. The summed E-state index contributed by atoms with van der Waals surface area (Å²) in [5, 5.41) is 6.09. The van der Waals surface area contributed by atoms with Crippen LogP contribution in [0.15, 0.2) is 24.3 Å². The number of hydrogen-bond acceptors (Lipinski definition) is 3. The number of carbonyl (C=O) groups excluding carboxylic acids is 1. The first-order valence-electron chi connectivity index (χ1n) is 7.22. The standard InChI is InChI=1S/C15H20N4O/c20-15(10-16-9-11-5-6-11)17-8-7-14-18-12-3-1-2-4-13(12)19-14/h1-4,11,16H,5-10H2,(H,17,20)(H,18,19). The molecule has 1 aliphatic carbocycles. The topological polar surface area (TPSA) is 69.8 Å². The van der Waals surface area contributed by atoms with Crippen molar-refractivity contribution in [2.45, 2.75) is 19.3 Å². The molecule has 1 aromatic carbocycles. The first-order chi connectivity index (χ1) is 9.81. The summed E-state index contributed by atoms with van der Waals surface area (Å²) in [6.45, 7) is 2.00. The van der Waals surface area contributed by atoms with Crippen LogP contribution >= 0.6 is 0 Å². The molecule has 0 atom stereocenters. The van der Waals surface area contributed by atoms with E-state index in [1.54, 1.807) is 0 Å². The molecule has 1 amide bonds. The zero-order valence-electron chi connectivity index (χ0n) is 11.5. The van der Waals surface area contributed by atoms with Crippen molar-refractivity contribution in [2.75, 3.05) is 19.6 Å². The molecule has 1 aromatic heterocycles. The van der Waals surface area contributed by atoms with Gasteiger partial charge in [-0.15, -0.1) is 0 Å². The van der Waals surface area contributed by atoms with Gasteiger partial charge in [0, 0.05) is 13.0 Å². The van der Waals surface area contributed by atoms with Crippen LogP contribution in [-0.4, -0.2) is 35.5 Å². The molecule has 0 spiro atoms. The number of H-pyrrole nitrogens is 1. The SMILES string of the molecule is O=C(CNCC1CC1)NCCc1nc2ccccc2[nH]1. The highest BCUT2D eigenvalue weighted by Gasteiger charge is 2.20. The van der Waals surface area contributed by atoms with E-state index in [1.165, 1.54) is 12.8 Å². The largest absolute Gasteiger partial charge is 0.355 e. The van der Waals surface area contributed by atoms with Crippen molar-refractivity contribution in [1.29, 1.82) is 0 Å². The molecule has 1 aliphatic rings. The summed E-state index contributed by atoms with van der Waals surface area (Å²) in [5.41, 5.74) is 2.01. The molecule has 0 aliphatic heterocycles. The van der Waals surface area contributed by atoms with Gasteiger partial charge in [-0.1, -0.05) is 12.1 Å². The lowest BCUT2D eigenvalue weighted by Gasteiger charge is -2.05. The van der Waals surface area contributed by atoms with Crippen LogP contribution < -0.4 is 10.6 Å². The molecular formula is C15H20N4O. The summed E-state index contributed by atoms with van der Waals surface area (Å²) in [7, 11) is 0. The van der Waals surface area contributed by atoms with Crippen molar-refractivity contribution >= 4 is 16.9 Å². The molecule has 0 bridgehead atoms. The van der Waals surface area contributed by atoms with Crippen molar-refractivity contribution in [3.05, 3.63) is 30.1 Å². The molecule has 0 radical (unpaired) electrons. The Balaban J connectivity index is 1.38. The quantitative estimate of drug-likeness (QED) is 0.710. The lowest BCUT2D eigenvalue weighted by molar-refractivity contribution is -0.120. The van der Waals surface area contributed by atoms with Crippen molar-refractivity contribution in [2.24, 2.45) is 5.92 Å². The van der Waals surface area contributed by atoms with E-state index in [4.69, 9.17) is 0 Å². The van der Waals surface area contributed by atoms with Gasteiger partial charge in [0.15, 0.2) is 0 Å². The molecule has 5 heteroatoms. The van der Waals surface area contributed by atoms with E-state index in [2.05, 4.69) is 20.6 Å². The van der Waals surface area contributed by atoms with E-state index < -0.39 is 0 Å². The number of fused-ring (bicyclic) bond motifs is 1. The molecule has 1 saturated carbocycles. The second-order valence-corrected chi connectivity index (χ2v) is 5.37. The Bertz CT molecular complexity index is 555. The predicted octanol–water partition coefficient (Wildman–Crippen LogP) is 1.22. The smallest absolute Gasteiger partial charge is 0.233 e. The van der Waals surface area contributed by atoms with Crippen LogP contribution in [0.5, 0.6) is 0 Å². The normalized spacial score (nSPS) is 14.6. The summed E-state index contributed by atoms with van der Waals surface area (Å²) in [5.74, 6) is 1.78. The number of rotatable bonds is 7. The molecule has 3 N–H and O–H groups in total. The lowest BCUT2D eigenvalue weighted by atomic mass is 10.3. The van der Waals surface area contributed by atoms with Gasteiger partial charge < -0.3 is 15.6 Å². The van der Waals surface area contributed by atoms with Gasteiger partial charge in [-0.2, -0.15) is 0 Å². The summed E-state index contributed by atoms with van der Waals surface area (Å²) in [4.78, 5) is 19.3. The monoisotopic (exact) mass is 272 g/mol. The highest BCUT2D eigenvalue weighted by molar-refractivity contribution is 5.78. The third kappa shape index (κ3) is 3.57.